The molecule has 3 aliphatic rings. The van der Waals surface area contributed by atoms with Crippen LogP contribution in [-0.2, 0) is 21.5 Å². The molecule has 184 valence electrons. The Morgan fingerprint density at radius 2 is 1.97 bits per heavy atom. The first-order valence-electron chi connectivity index (χ1n) is 12.5. The molecular formula is C28H29N5O3. The number of likely N-dealkylation sites (tertiary alicyclic amines) is 1. The van der Waals surface area contributed by atoms with E-state index in [1.807, 2.05) is 43.3 Å². The van der Waals surface area contributed by atoms with E-state index < -0.39 is 5.41 Å². The first kappa shape index (κ1) is 22.7. The summed E-state index contributed by atoms with van der Waals surface area (Å²) in [6, 6.07) is 15.8. The van der Waals surface area contributed by atoms with Crippen LogP contribution >= 0.6 is 0 Å². The summed E-state index contributed by atoms with van der Waals surface area (Å²) in [6.45, 7) is 4.27. The molecule has 1 fully saturated rings. The minimum atomic E-state index is -0.810. The topological polar surface area (TPSA) is 87.7 Å². The Morgan fingerprint density at radius 1 is 1.11 bits per heavy atom. The van der Waals surface area contributed by atoms with Crippen LogP contribution in [0.15, 0.2) is 60.9 Å². The molecule has 8 nitrogen and oxygen atoms in total. The summed E-state index contributed by atoms with van der Waals surface area (Å²) < 4.78 is 6.03. The molecule has 1 N–H and O–H groups in total. The summed E-state index contributed by atoms with van der Waals surface area (Å²) >= 11 is 0. The third kappa shape index (κ3) is 3.64. The van der Waals surface area contributed by atoms with Crippen LogP contribution in [0.3, 0.4) is 0 Å². The van der Waals surface area contributed by atoms with Crippen molar-refractivity contribution in [1.82, 2.24) is 20.2 Å². The fourth-order valence-corrected chi connectivity index (χ4v) is 6.03. The lowest BCUT2D eigenvalue weighted by molar-refractivity contribution is -0.127. The maximum Gasteiger partial charge on any atom is 0.240 e. The highest BCUT2D eigenvalue weighted by Crippen LogP contribution is 2.57. The number of carbonyl (C=O) groups is 2. The summed E-state index contributed by atoms with van der Waals surface area (Å²) in [4.78, 5) is 40.3. The SMILES string of the molecule is Cc1nccnc1CN1CC[C@]23C(=O)N(CC(=O)NCCCOc4cccc(c4)[C@H]12)c1ccccc13. The van der Waals surface area contributed by atoms with Gasteiger partial charge in [-0.3, -0.25) is 24.5 Å². The number of nitrogens with one attached hydrogen (secondary N) is 1. The zero-order valence-electron chi connectivity index (χ0n) is 20.3. The molecule has 0 unspecified atom stereocenters. The van der Waals surface area contributed by atoms with Crippen LogP contribution in [0.4, 0.5) is 5.69 Å². The Hall–Kier alpha value is -3.78. The molecule has 2 amide bonds. The van der Waals surface area contributed by atoms with Gasteiger partial charge in [-0.2, -0.15) is 0 Å². The first-order chi connectivity index (χ1) is 17.6. The zero-order chi connectivity index (χ0) is 24.7. The molecule has 2 atom stereocenters. The number of carbonyl (C=O) groups excluding carboxylic acids is 2. The number of ether oxygens (including phenoxy) is 1. The molecule has 6 rings (SSSR count). The van der Waals surface area contributed by atoms with Gasteiger partial charge in [-0.15, -0.1) is 0 Å². The van der Waals surface area contributed by atoms with Crippen LogP contribution in [0.2, 0.25) is 0 Å². The van der Waals surface area contributed by atoms with Crippen molar-refractivity contribution in [2.45, 2.75) is 37.8 Å². The second-order valence-electron chi connectivity index (χ2n) is 9.72. The minimum absolute atomic E-state index is 0.00842. The van der Waals surface area contributed by atoms with Crippen molar-refractivity contribution >= 4 is 17.5 Å². The lowest BCUT2D eigenvalue weighted by atomic mass is 9.72. The van der Waals surface area contributed by atoms with E-state index in [1.165, 1.54) is 0 Å². The van der Waals surface area contributed by atoms with Crippen molar-refractivity contribution in [1.29, 1.82) is 0 Å². The maximum absolute atomic E-state index is 14.4. The molecule has 0 saturated carbocycles. The Bertz CT molecular complexity index is 1330. The lowest BCUT2D eigenvalue weighted by Crippen LogP contribution is -2.47. The number of rotatable bonds is 2. The minimum Gasteiger partial charge on any atom is -0.494 e. The molecule has 4 heterocycles. The lowest BCUT2D eigenvalue weighted by Gasteiger charge is -2.35. The van der Waals surface area contributed by atoms with Gasteiger partial charge in [0, 0.05) is 37.7 Å². The van der Waals surface area contributed by atoms with E-state index in [9.17, 15) is 9.59 Å². The van der Waals surface area contributed by atoms with Gasteiger partial charge >= 0.3 is 0 Å². The van der Waals surface area contributed by atoms with Gasteiger partial charge in [0.25, 0.3) is 0 Å². The number of fused-ring (bicyclic) bond motifs is 6. The third-order valence-electron chi connectivity index (χ3n) is 7.65. The van der Waals surface area contributed by atoms with Crippen LogP contribution < -0.4 is 15.0 Å². The molecule has 0 radical (unpaired) electrons. The van der Waals surface area contributed by atoms with Gasteiger partial charge in [0.1, 0.15) is 12.3 Å². The molecular weight excluding hydrogens is 454 g/mol. The number of hydrogen-bond donors (Lipinski definition) is 1. The van der Waals surface area contributed by atoms with Crippen molar-refractivity contribution < 1.29 is 14.3 Å². The number of nitrogens with zero attached hydrogens (tertiary/aromatic N) is 4. The second kappa shape index (κ2) is 9.02. The highest BCUT2D eigenvalue weighted by atomic mass is 16.5. The average Bonchev–Trinajstić information content (AvgIpc) is 3.37. The van der Waals surface area contributed by atoms with Crippen molar-refractivity contribution in [2.24, 2.45) is 0 Å². The number of benzene rings is 2. The largest absolute Gasteiger partial charge is 0.494 e. The van der Waals surface area contributed by atoms with Gasteiger partial charge in [-0.25, -0.2) is 0 Å². The second-order valence-corrected chi connectivity index (χ2v) is 9.72. The smallest absolute Gasteiger partial charge is 0.240 e. The zero-order valence-corrected chi connectivity index (χ0v) is 20.3. The first-order valence-corrected chi connectivity index (χ1v) is 12.5. The van der Waals surface area contributed by atoms with Gasteiger partial charge in [0.05, 0.1) is 29.5 Å². The standard InChI is InChI=1S/C28H29N5O3/c1-19-23(30-13-12-29-19)17-32-14-10-28-22-8-2-3-9-24(22)33(27(28)35)18-25(34)31-11-5-15-36-21-7-4-6-20(16-21)26(28)32/h2-4,6-9,12-13,16,26H,5,10-11,14-15,17-18H2,1H3,(H,31,34)/t26-,28+/m0/s1. The van der Waals surface area contributed by atoms with Crippen LogP contribution in [0.25, 0.3) is 0 Å². The van der Waals surface area contributed by atoms with Crippen molar-refractivity contribution in [3.63, 3.8) is 0 Å². The fourth-order valence-electron chi connectivity index (χ4n) is 6.03. The predicted octanol–water partition coefficient (Wildman–Crippen LogP) is 2.92. The normalized spacial score (nSPS) is 23.9. The van der Waals surface area contributed by atoms with E-state index in [0.717, 1.165) is 34.0 Å². The number of anilines is 1. The number of aromatic nitrogens is 2. The van der Waals surface area contributed by atoms with Crippen molar-refractivity contribution in [3.05, 3.63) is 83.4 Å². The molecule has 1 saturated heterocycles. The van der Waals surface area contributed by atoms with E-state index in [4.69, 9.17) is 4.74 Å². The summed E-state index contributed by atoms with van der Waals surface area (Å²) in [5.41, 5.74) is 3.80. The summed E-state index contributed by atoms with van der Waals surface area (Å²) in [5.74, 6) is 0.585. The number of aryl methyl sites for hydroxylation is 1. The van der Waals surface area contributed by atoms with E-state index in [2.05, 4.69) is 32.3 Å². The molecule has 0 aliphatic carbocycles. The van der Waals surface area contributed by atoms with Gasteiger partial charge in [-0.1, -0.05) is 30.3 Å². The van der Waals surface area contributed by atoms with E-state index in [1.54, 1.807) is 17.3 Å². The van der Waals surface area contributed by atoms with Gasteiger partial charge < -0.3 is 15.0 Å². The van der Waals surface area contributed by atoms with Crippen molar-refractivity contribution in [2.75, 3.05) is 31.1 Å². The Kier molecular flexibility index (Phi) is 5.68. The molecule has 2 aromatic carbocycles. The van der Waals surface area contributed by atoms with Crippen LogP contribution in [-0.4, -0.2) is 52.9 Å². The molecule has 1 spiro atoms. The summed E-state index contributed by atoms with van der Waals surface area (Å²) in [7, 11) is 0. The van der Waals surface area contributed by atoms with E-state index >= 15 is 0 Å². The number of amides is 2. The molecule has 8 heteroatoms. The van der Waals surface area contributed by atoms with Gasteiger partial charge in [0.15, 0.2) is 0 Å². The molecule has 4 bridgehead atoms. The Balaban J connectivity index is 1.52. The van der Waals surface area contributed by atoms with Gasteiger partial charge in [-0.05, 0) is 49.1 Å². The Morgan fingerprint density at radius 3 is 2.86 bits per heavy atom. The van der Waals surface area contributed by atoms with E-state index in [-0.39, 0.29) is 24.4 Å². The quantitative estimate of drug-likeness (QED) is 0.603. The molecule has 3 aliphatic heterocycles. The third-order valence-corrected chi connectivity index (χ3v) is 7.65. The monoisotopic (exact) mass is 483 g/mol. The van der Waals surface area contributed by atoms with Gasteiger partial charge in [0.2, 0.25) is 11.8 Å². The van der Waals surface area contributed by atoms with Crippen molar-refractivity contribution in [3.8, 4) is 5.75 Å². The highest BCUT2D eigenvalue weighted by molar-refractivity contribution is 6.11. The maximum atomic E-state index is 14.4. The average molecular weight is 484 g/mol. The number of hydrogen-bond acceptors (Lipinski definition) is 6. The highest BCUT2D eigenvalue weighted by Gasteiger charge is 2.60. The fraction of sp³-hybridized carbons (Fsp3) is 0.357. The van der Waals surface area contributed by atoms with E-state index in [0.29, 0.717) is 39.1 Å². The molecule has 3 aromatic rings. The van der Waals surface area contributed by atoms with Crippen LogP contribution in [0.5, 0.6) is 5.75 Å². The van der Waals surface area contributed by atoms with Crippen LogP contribution in [0, 0.1) is 6.92 Å². The summed E-state index contributed by atoms with van der Waals surface area (Å²) in [5, 5.41) is 2.94. The Labute approximate surface area is 210 Å². The summed E-state index contributed by atoms with van der Waals surface area (Å²) in [6.07, 6.45) is 4.75. The molecule has 36 heavy (non-hydrogen) atoms. The molecule has 1 aromatic heterocycles. The number of para-hydroxylation sites is 1. The predicted molar refractivity (Wildman–Crippen MR) is 135 cm³/mol. The van der Waals surface area contributed by atoms with Crippen LogP contribution in [0.1, 0.15) is 41.4 Å².